The van der Waals surface area contributed by atoms with Crippen LogP contribution in [0.3, 0.4) is 0 Å². The number of hydrogen-bond acceptors (Lipinski definition) is 4. The van der Waals surface area contributed by atoms with Gasteiger partial charge in [-0.05, 0) is 6.42 Å². The lowest BCUT2D eigenvalue weighted by Crippen LogP contribution is -2.21. The second-order valence-electron chi connectivity index (χ2n) is 4.87. The van der Waals surface area contributed by atoms with E-state index in [4.69, 9.17) is 4.74 Å². The van der Waals surface area contributed by atoms with Crippen LogP contribution in [0.5, 0.6) is 0 Å². The highest BCUT2D eigenvalue weighted by atomic mass is 32.2. The SMILES string of the molecule is CCCCOC[C@@H](O)CC(=O)SC(C)(C)C. The van der Waals surface area contributed by atoms with E-state index in [-0.39, 0.29) is 22.9 Å². The summed E-state index contributed by atoms with van der Waals surface area (Å²) in [4.78, 5) is 11.5. The molecule has 4 heteroatoms. The van der Waals surface area contributed by atoms with Gasteiger partial charge in [-0.1, -0.05) is 45.9 Å². The van der Waals surface area contributed by atoms with E-state index in [2.05, 4.69) is 6.92 Å². The van der Waals surface area contributed by atoms with Crippen molar-refractivity contribution < 1.29 is 14.6 Å². The molecular formula is C12H24O3S. The van der Waals surface area contributed by atoms with Crippen molar-refractivity contribution in [3.8, 4) is 0 Å². The van der Waals surface area contributed by atoms with E-state index in [9.17, 15) is 9.90 Å². The summed E-state index contributed by atoms with van der Waals surface area (Å²) in [5.41, 5.74) is 0. The fraction of sp³-hybridized carbons (Fsp3) is 0.917. The third-order valence-electron chi connectivity index (χ3n) is 1.77. The van der Waals surface area contributed by atoms with Gasteiger partial charge in [0.2, 0.25) is 0 Å². The molecule has 0 saturated heterocycles. The van der Waals surface area contributed by atoms with Crippen LogP contribution in [-0.2, 0) is 9.53 Å². The highest BCUT2D eigenvalue weighted by Crippen LogP contribution is 2.25. The molecule has 96 valence electrons. The fourth-order valence-corrected chi connectivity index (χ4v) is 2.06. The molecule has 1 N–H and O–H groups in total. The van der Waals surface area contributed by atoms with Gasteiger partial charge in [-0.3, -0.25) is 4.79 Å². The molecule has 0 aliphatic heterocycles. The van der Waals surface area contributed by atoms with E-state index in [0.717, 1.165) is 12.8 Å². The van der Waals surface area contributed by atoms with E-state index in [1.807, 2.05) is 20.8 Å². The molecule has 0 aliphatic carbocycles. The molecule has 0 heterocycles. The average Bonchev–Trinajstić information content (AvgIpc) is 2.09. The minimum atomic E-state index is -0.667. The number of carbonyl (C=O) groups excluding carboxylic acids is 1. The fourth-order valence-electron chi connectivity index (χ4n) is 1.10. The van der Waals surface area contributed by atoms with E-state index in [1.165, 1.54) is 11.8 Å². The monoisotopic (exact) mass is 248 g/mol. The molecule has 0 radical (unpaired) electrons. The summed E-state index contributed by atoms with van der Waals surface area (Å²) in [7, 11) is 0. The zero-order valence-electron chi connectivity index (χ0n) is 10.8. The second kappa shape index (κ2) is 8.09. The summed E-state index contributed by atoms with van der Waals surface area (Å²) in [6.07, 6.45) is 1.58. The Bertz CT molecular complexity index is 199. The molecule has 0 fully saturated rings. The van der Waals surface area contributed by atoms with Crippen molar-refractivity contribution in [3.05, 3.63) is 0 Å². The van der Waals surface area contributed by atoms with Gasteiger partial charge in [0, 0.05) is 17.8 Å². The molecule has 16 heavy (non-hydrogen) atoms. The van der Waals surface area contributed by atoms with Gasteiger partial charge in [-0.25, -0.2) is 0 Å². The predicted molar refractivity (Wildman–Crippen MR) is 68.7 cm³/mol. The summed E-state index contributed by atoms with van der Waals surface area (Å²) in [5, 5.41) is 9.58. The molecule has 0 unspecified atom stereocenters. The Morgan fingerprint density at radius 2 is 2.06 bits per heavy atom. The topological polar surface area (TPSA) is 46.5 Å². The summed E-state index contributed by atoms with van der Waals surface area (Å²) in [6, 6.07) is 0. The smallest absolute Gasteiger partial charge is 0.192 e. The Kier molecular flexibility index (Phi) is 8.06. The maximum absolute atomic E-state index is 11.5. The predicted octanol–water partition coefficient (Wildman–Crippen LogP) is 2.61. The third kappa shape index (κ3) is 10.5. The van der Waals surface area contributed by atoms with Crippen LogP contribution < -0.4 is 0 Å². The molecule has 0 spiro atoms. The maximum Gasteiger partial charge on any atom is 0.192 e. The van der Waals surface area contributed by atoms with Crippen LogP contribution in [0.2, 0.25) is 0 Å². The van der Waals surface area contributed by atoms with E-state index < -0.39 is 6.10 Å². The summed E-state index contributed by atoms with van der Waals surface area (Å²) < 4.78 is 5.17. The first-order valence-electron chi connectivity index (χ1n) is 5.83. The van der Waals surface area contributed by atoms with Crippen molar-refractivity contribution in [1.29, 1.82) is 0 Å². The molecule has 0 bridgehead atoms. The van der Waals surface area contributed by atoms with Crippen molar-refractivity contribution in [1.82, 2.24) is 0 Å². The molecule has 3 nitrogen and oxygen atoms in total. The summed E-state index contributed by atoms with van der Waals surface area (Å²) >= 11 is 1.27. The van der Waals surface area contributed by atoms with Crippen LogP contribution in [0, 0.1) is 0 Å². The Morgan fingerprint density at radius 3 is 2.56 bits per heavy atom. The van der Waals surface area contributed by atoms with Gasteiger partial charge in [0.05, 0.1) is 12.7 Å². The molecule has 0 aliphatic rings. The van der Waals surface area contributed by atoms with Gasteiger partial charge in [0.1, 0.15) is 0 Å². The average molecular weight is 248 g/mol. The number of aliphatic hydroxyl groups is 1. The van der Waals surface area contributed by atoms with Crippen molar-refractivity contribution in [2.75, 3.05) is 13.2 Å². The molecule has 0 aromatic carbocycles. The van der Waals surface area contributed by atoms with E-state index in [1.54, 1.807) is 0 Å². The Labute approximate surface area is 103 Å². The van der Waals surface area contributed by atoms with Gasteiger partial charge in [0.15, 0.2) is 5.12 Å². The first-order valence-corrected chi connectivity index (χ1v) is 6.64. The maximum atomic E-state index is 11.5. The number of unbranched alkanes of at least 4 members (excludes halogenated alkanes) is 1. The quantitative estimate of drug-likeness (QED) is 0.704. The zero-order valence-corrected chi connectivity index (χ0v) is 11.6. The molecule has 0 aromatic rings. The molecule has 0 rings (SSSR count). The number of carbonyl (C=O) groups is 1. The molecule has 0 aromatic heterocycles. The van der Waals surface area contributed by atoms with Crippen LogP contribution in [0.4, 0.5) is 0 Å². The lowest BCUT2D eigenvalue weighted by molar-refractivity contribution is -0.113. The largest absolute Gasteiger partial charge is 0.390 e. The number of hydrogen-bond donors (Lipinski definition) is 1. The van der Waals surface area contributed by atoms with Crippen molar-refractivity contribution in [3.63, 3.8) is 0 Å². The standard InChI is InChI=1S/C12H24O3S/c1-5-6-7-15-9-10(13)8-11(14)16-12(2,3)4/h10,13H,5-9H2,1-4H3/t10-/m0/s1. The van der Waals surface area contributed by atoms with Crippen LogP contribution in [0.1, 0.15) is 47.0 Å². The van der Waals surface area contributed by atoms with Gasteiger partial charge in [0.25, 0.3) is 0 Å². The Hall–Kier alpha value is -0.0600. The van der Waals surface area contributed by atoms with Gasteiger partial charge in [-0.15, -0.1) is 0 Å². The zero-order chi connectivity index (χ0) is 12.6. The third-order valence-corrected chi connectivity index (χ3v) is 2.78. The van der Waals surface area contributed by atoms with Crippen LogP contribution >= 0.6 is 11.8 Å². The molecular weight excluding hydrogens is 224 g/mol. The highest BCUT2D eigenvalue weighted by Gasteiger charge is 2.19. The Morgan fingerprint density at radius 1 is 1.44 bits per heavy atom. The van der Waals surface area contributed by atoms with Crippen molar-refractivity contribution in [2.45, 2.75) is 57.8 Å². The number of ether oxygens (including phenoxy) is 1. The summed E-state index contributed by atoms with van der Waals surface area (Å²) in [6.45, 7) is 8.97. The Balaban J connectivity index is 3.62. The van der Waals surface area contributed by atoms with E-state index in [0.29, 0.717) is 6.61 Å². The number of rotatable bonds is 7. The second-order valence-corrected chi connectivity index (χ2v) is 6.76. The first-order chi connectivity index (χ1) is 7.35. The van der Waals surface area contributed by atoms with Crippen LogP contribution in [-0.4, -0.2) is 34.3 Å². The lowest BCUT2D eigenvalue weighted by atomic mass is 10.3. The van der Waals surface area contributed by atoms with E-state index >= 15 is 0 Å². The summed E-state index contributed by atoms with van der Waals surface area (Å²) in [5.74, 6) is 0. The van der Waals surface area contributed by atoms with Gasteiger partial charge >= 0.3 is 0 Å². The normalized spacial score (nSPS) is 13.8. The molecule has 1 atom stereocenters. The van der Waals surface area contributed by atoms with Crippen LogP contribution in [0.15, 0.2) is 0 Å². The van der Waals surface area contributed by atoms with Gasteiger partial charge in [-0.2, -0.15) is 0 Å². The highest BCUT2D eigenvalue weighted by molar-refractivity contribution is 8.14. The lowest BCUT2D eigenvalue weighted by Gasteiger charge is -2.17. The number of thioether (sulfide) groups is 1. The molecule has 0 saturated carbocycles. The minimum Gasteiger partial charge on any atom is -0.390 e. The minimum absolute atomic E-state index is 0.0269. The molecule has 0 amide bonds. The van der Waals surface area contributed by atoms with Crippen LogP contribution in [0.25, 0.3) is 0 Å². The van der Waals surface area contributed by atoms with Crippen molar-refractivity contribution in [2.24, 2.45) is 0 Å². The van der Waals surface area contributed by atoms with Crippen molar-refractivity contribution >= 4 is 16.9 Å². The first kappa shape index (κ1) is 15.9. The van der Waals surface area contributed by atoms with Gasteiger partial charge < -0.3 is 9.84 Å². The number of aliphatic hydroxyl groups excluding tert-OH is 1.